The van der Waals surface area contributed by atoms with Crippen molar-refractivity contribution in [3.63, 3.8) is 0 Å². The highest BCUT2D eigenvalue weighted by Gasteiger charge is 2.54. The summed E-state index contributed by atoms with van der Waals surface area (Å²) in [7, 11) is 1.26. The summed E-state index contributed by atoms with van der Waals surface area (Å²) in [6.45, 7) is 10.2. The molecule has 2 saturated heterocycles. The van der Waals surface area contributed by atoms with Gasteiger partial charge in [-0.05, 0) is 70.7 Å². The van der Waals surface area contributed by atoms with Crippen LogP contribution in [0.25, 0.3) is 0 Å². The lowest BCUT2D eigenvalue weighted by Crippen LogP contribution is -2.52. The highest BCUT2D eigenvalue weighted by atomic mass is 19.1. The molecule has 0 aromatic heterocycles. The molecule has 0 bridgehead atoms. The van der Waals surface area contributed by atoms with Crippen LogP contribution in [-0.4, -0.2) is 70.9 Å². The summed E-state index contributed by atoms with van der Waals surface area (Å²) in [5, 5.41) is 0. The molecule has 8 nitrogen and oxygen atoms in total. The van der Waals surface area contributed by atoms with Crippen LogP contribution in [0.5, 0.6) is 0 Å². The summed E-state index contributed by atoms with van der Waals surface area (Å²) in [6, 6.07) is 1.96. The molecule has 10 heteroatoms. The van der Waals surface area contributed by atoms with Crippen LogP contribution < -0.4 is 0 Å². The number of carbonyl (C=O) groups excluding carboxylic acids is 3. The van der Waals surface area contributed by atoms with E-state index in [1.165, 1.54) is 42.0 Å². The summed E-state index contributed by atoms with van der Waals surface area (Å²) in [5.41, 5.74) is -0.837. The molecule has 1 aromatic carbocycles. The van der Waals surface area contributed by atoms with E-state index in [9.17, 15) is 23.2 Å². The van der Waals surface area contributed by atoms with Gasteiger partial charge in [0.05, 0.1) is 19.2 Å². The number of rotatable bonds is 4. The third kappa shape index (κ3) is 6.21. The fraction of sp³-hybridized carbons (Fsp3) is 0.577. The molecule has 1 aromatic rings. The van der Waals surface area contributed by atoms with Crippen molar-refractivity contribution < 1.29 is 37.4 Å². The molecule has 3 atom stereocenters. The number of ether oxygens (including phenoxy) is 3. The van der Waals surface area contributed by atoms with Gasteiger partial charge in [-0.3, -0.25) is 9.69 Å². The minimum absolute atomic E-state index is 0.0943. The van der Waals surface area contributed by atoms with Gasteiger partial charge in [-0.15, -0.1) is 0 Å². The lowest BCUT2D eigenvalue weighted by Gasteiger charge is -2.34. The Morgan fingerprint density at radius 1 is 1.17 bits per heavy atom. The van der Waals surface area contributed by atoms with Crippen molar-refractivity contribution >= 4 is 18.0 Å². The fourth-order valence-corrected chi connectivity index (χ4v) is 5.06. The average molecular weight is 509 g/mol. The highest BCUT2D eigenvalue weighted by molar-refractivity contribution is 5.83. The van der Waals surface area contributed by atoms with Gasteiger partial charge in [0.2, 0.25) is 5.91 Å². The van der Waals surface area contributed by atoms with Gasteiger partial charge >= 0.3 is 12.1 Å². The SMILES string of the molecule is COC(=O)/C=C1/C[C@H]([C@H]2OC(C)(C)N(C(C)=O)[C@H]2Cc2cc(F)cc(F)c2)N(C(=O)OC(C)(C)C)C1. The number of benzene rings is 1. The van der Waals surface area contributed by atoms with Crippen LogP contribution in [0.3, 0.4) is 0 Å². The Balaban J connectivity index is 2.04. The van der Waals surface area contributed by atoms with E-state index in [0.29, 0.717) is 11.1 Å². The van der Waals surface area contributed by atoms with Crippen molar-refractivity contribution in [1.29, 1.82) is 0 Å². The number of methoxy groups -OCH3 is 1. The van der Waals surface area contributed by atoms with Crippen molar-refractivity contribution in [1.82, 2.24) is 9.80 Å². The first-order valence-electron chi connectivity index (χ1n) is 11.8. The second-order valence-electron chi connectivity index (χ2n) is 10.7. The normalized spacial score (nSPS) is 24.8. The van der Waals surface area contributed by atoms with Crippen LogP contribution in [0.1, 0.15) is 53.5 Å². The standard InChI is InChI=1S/C26H34F2N2O6/c1-15(31)30-21(10-16-8-18(27)13-19(28)9-16)23(35-26(30,5)6)20-11-17(12-22(32)34-7)14-29(20)24(33)36-25(2,3)4/h8-9,12-13,20-21,23H,10-11,14H2,1-7H3/b17-12-/t20-,21+,23-/m1/s1. The Morgan fingerprint density at radius 3 is 2.31 bits per heavy atom. The number of esters is 1. The Bertz CT molecular complexity index is 1040. The van der Waals surface area contributed by atoms with E-state index in [1.54, 1.807) is 34.6 Å². The van der Waals surface area contributed by atoms with Crippen molar-refractivity contribution in [3.05, 3.63) is 47.0 Å². The second-order valence-corrected chi connectivity index (χ2v) is 10.7. The van der Waals surface area contributed by atoms with E-state index in [-0.39, 0.29) is 25.3 Å². The molecule has 0 saturated carbocycles. The van der Waals surface area contributed by atoms with Gasteiger partial charge in [-0.1, -0.05) is 0 Å². The molecule has 2 aliphatic rings. The minimum atomic E-state index is -1.05. The predicted octanol–water partition coefficient (Wildman–Crippen LogP) is 3.97. The Kier molecular flexibility index (Phi) is 7.78. The number of likely N-dealkylation sites (tertiary alicyclic amines) is 1. The Hall–Kier alpha value is -3.01. The largest absolute Gasteiger partial charge is 0.466 e. The monoisotopic (exact) mass is 508 g/mol. The zero-order valence-corrected chi connectivity index (χ0v) is 21.8. The van der Waals surface area contributed by atoms with E-state index in [0.717, 1.165) is 6.07 Å². The van der Waals surface area contributed by atoms with Crippen molar-refractivity contribution in [2.45, 2.75) is 83.9 Å². The van der Waals surface area contributed by atoms with Crippen LogP contribution in [-0.2, 0) is 30.2 Å². The van der Waals surface area contributed by atoms with Crippen LogP contribution in [0.15, 0.2) is 29.8 Å². The van der Waals surface area contributed by atoms with E-state index in [4.69, 9.17) is 14.2 Å². The van der Waals surface area contributed by atoms with Gasteiger partial charge in [-0.25, -0.2) is 18.4 Å². The summed E-state index contributed by atoms with van der Waals surface area (Å²) in [4.78, 5) is 40.9. The van der Waals surface area contributed by atoms with Crippen molar-refractivity contribution in [3.8, 4) is 0 Å². The van der Waals surface area contributed by atoms with Crippen LogP contribution >= 0.6 is 0 Å². The lowest BCUT2D eigenvalue weighted by molar-refractivity contribution is -0.146. The van der Waals surface area contributed by atoms with E-state index in [2.05, 4.69) is 0 Å². The number of halogens is 2. The number of nitrogens with zero attached hydrogens (tertiary/aromatic N) is 2. The second kappa shape index (κ2) is 10.2. The van der Waals surface area contributed by atoms with Crippen LogP contribution in [0.4, 0.5) is 13.6 Å². The fourth-order valence-electron chi connectivity index (χ4n) is 5.06. The van der Waals surface area contributed by atoms with Crippen molar-refractivity contribution in [2.24, 2.45) is 0 Å². The molecule has 0 radical (unpaired) electrons. The highest BCUT2D eigenvalue weighted by Crippen LogP contribution is 2.40. The molecular formula is C26H34F2N2O6. The van der Waals surface area contributed by atoms with Gasteiger partial charge in [0, 0.05) is 25.6 Å². The topological polar surface area (TPSA) is 85.4 Å². The molecule has 2 amide bonds. The van der Waals surface area contributed by atoms with Crippen LogP contribution in [0, 0.1) is 11.6 Å². The van der Waals surface area contributed by atoms with Gasteiger partial charge < -0.3 is 19.1 Å². The molecule has 0 N–H and O–H groups in total. The molecule has 3 rings (SSSR count). The number of hydrogen-bond donors (Lipinski definition) is 0. The van der Waals surface area contributed by atoms with Gasteiger partial charge in [-0.2, -0.15) is 0 Å². The van der Waals surface area contributed by atoms with Gasteiger partial charge in [0.15, 0.2) is 0 Å². The van der Waals surface area contributed by atoms with Crippen molar-refractivity contribution in [2.75, 3.05) is 13.7 Å². The third-order valence-corrected chi connectivity index (χ3v) is 6.20. The molecule has 0 spiro atoms. The van der Waals surface area contributed by atoms with E-state index < -0.39 is 53.2 Å². The maximum atomic E-state index is 14.0. The molecule has 2 fully saturated rings. The molecule has 0 aliphatic carbocycles. The number of carbonyl (C=O) groups is 3. The molecule has 0 unspecified atom stereocenters. The average Bonchev–Trinajstić information content (AvgIpc) is 3.23. The molecular weight excluding hydrogens is 474 g/mol. The minimum Gasteiger partial charge on any atom is -0.466 e. The number of hydrogen-bond acceptors (Lipinski definition) is 6. The van der Waals surface area contributed by atoms with E-state index in [1.807, 2.05) is 0 Å². The zero-order valence-electron chi connectivity index (χ0n) is 21.8. The molecule has 36 heavy (non-hydrogen) atoms. The van der Waals surface area contributed by atoms with Gasteiger partial charge in [0.1, 0.15) is 29.1 Å². The summed E-state index contributed by atoms with van der Waals surface area (Å²) in [5.74, 6) is -2.29. The quantitative estimate of drug-likeness (QED) is 0.452. The molecule has 2 heterocycles. The smallest absolute Gasteiger partial charge is 0.410 e. The summed E-state index contributed by atoms with van der Waals surface area (Å²) >= 11 is 0. The first-order valence-corrected chi connectivity index (χ1v) is 11.8. The van der Waals surface area contributed by atoms with E-state index >= 15 is 0 Å². The first-order chi connectivity index (χ1) is 16.6. The number of amides is 2. The maximum absolute atomic E-state index is 14.0. The summed E-state index contributed by atoms with van der Waals surface area (Å²) < 4.78 is 44.7. The zero-order chi connectivity index (χ0) is 27.0. The third-order valence-electron chi connectivity index (χ3n) is 6.20. The lowest BCUT2D eigenvalue weighted by atomic mass is 9.93. The molecule has 198 valence electrons. The Labute approximate surface area is 210 Å². The predicted molar refractivity (Wildman–Crippen MR) is 127 cm³/mol. The Morgan fingerprint density at radius 2 is 1.78 bits per heavy atom. The summed E-state index contributed by atoms with van der Waals surface area (Å²) in [6.07, 6.45) is 0.369. The maximum Gasteiger partial charge on any atom is 0.410 e. The first kappa shape index (κ1) is 27.6. The van der Waals surface area contributed by atoms with Crippen LogP contribution in [0.2, 0.25) is 0 Å². The van der Waals surface area contributed by atoms with Gasteiger partial charge in [0.25, 0.3) is 0 Å². The molecule has 2 aliphatic heterocycles.